The lowest BCUT2D eigenvalue weighted by atomic mass is 10.3. The third-order valence-corrected chi connectivity index (χ3v) is 1.98. The Morgan fingerprint density at radius 3 is 2.73 bits per heavy atom. The molecule has 0 aliphatic rings. The van der Waals surface area contributed by atoms with Crippen LogP contribution in [0.4, 0.5) is 5.95 Å². The molecule has 0 fully saturated rings. The van der Waals surface area contributed by atoms with E-state index in [1.54, 1.807) is 0 Å². The van der Waals surface area contributed by atoms with Crippen molar-refractivity contribution >= 4 is 17.0 Å². The standard InChI is InChI=1S/C10H12N4O/c15-7-3-6-11-10-12-8-4-1-2-5-9(8)13-14-10/h1-2,4-5,15H,3,6-7H2,(H,11,12,14). The summed E-state index contributed by atoms with van der Waals surface area (Å²) >= 11 is 0. The molecule has 1 heterocycles. The Hall–Kier alpha value is -1.75. The van der Waals surface area contributed by atoms with E-state index in [0.29, 0.717) is 18.9 Å². The number of anilines is 1. The van der Waals surface area contributed by atoms with Gasteiger partial charge >= 0.3 is 0 Å². The zero-order valence-electron chi connectivity index (χ0n) is 8.22. The van der Waals surface area contributed by atoms with Crippen LogP contribution in [0.25, 0.3) is 11.0 Å². The highest BCUT2D eigenvalue weighted by molar-refractivity contribution is 5.73. The Morgan fingerprint density at radius 2 is 1.93 bits per heavy atom. The lowest BCUT2D eigenvalue weighted by Gasteiger charge is -2.02. The van der Waals surface area contributed by atoms with Gasteiger partial charge in [0.05, 0.1) is 5.52 Å². The average Bonchev–Trinajstić information content (AvgIpc) is 2.29. The van der Waals surface area contributed by atoms with Gasteiger partial charge in [-0.1, -0.05) is 12.1 Å². The summed E-state index contributed by atoms with van der Waals surface area (Å²) in [6.07, 6.45) is 0.677. The van der Waals surface area contributed by atoms with Crippen molar-refractivity contribution < 1.29 is 5.11 Å². The van der Waals surface area contributed by atoms with Crippen molar-refractivity contribution in [2.24, 2.45) is 0 Å². The molecule has 2 aromatic rings. The van der Waals surface area contributed by atoms with Crippen molar-refractivity contribution in [3.8, 4) is 0 Å². The van der Waals surface area contributed by atoms with Crippen LogP contribution in [-0.4, -0.2) is 33.4 Å². The molecule has 0 unspecified atom stereocenters. The average molecular weight is 204 g/mol. The van der Waals surface area contributed by atoms with E-state index in [0.717, 1.165) is 11.0 Å². The monoisotopic (exact) mass is 204 g/mol. The lowest BCUT2D eigenvalue weighted by Crippen LogP contribution is -2.07. The number of aromatic nitrogens is 3. The molecule has 0 spiro atoms. The Kier molecular flexibility index (Phi) is 3.04. The van der Waals surface area contributed by atoms with Gasteiger partial charge in [-0.05, 0) is 18.6 Å². The Morgan fingerprint density at radius 1 is 1.13 bits per heavy atom. The zero-order chi connectivity index (χ0) is 10.5. The Labute approximate surface area is 87.2 Å². The first-order chi connectivity index (χ1) is 7.40. The minimum atomic E-state index is 0.161. The predicted octanol–water partition coefficient (Wildman–Crippen LogP) is 0.819. The maximum Gasteiger partial charge on any atom is 0.243 e. The number of hydrogen-bond donors (Lipinski definition) is 2. The number of fused-ring (bicyclic) bond motifs is 1. The van der Waals surface area contributed by atoms with E-state index in [9.17, 15) is 0 Å². The van der Waals surface area contributed by atoms with Crippen molar-refractivity contribution in [3.05, 3.63) is 24.3 Å². The first-order valence-electron chi connectivity index (χ1n) is 4.84. The van der Waals surface area contributed by atoms with Crippen LogP contribution in [0.2, 0.25) is 0 Å². The highest BCUT2D eigenvalue weighted by atomic mass is 16.3. The van der Waals surface area contributed by atoms with Gasteiger partial charge in [-0.2, -0.15) is 0 Å². The lowest BCUT2D eigenvalue weighted by molar-refractivity contribution is 0.292. The van der Waals surface area contributed by atoms with Crippen molar-refractivity contribution in [3.63, 3.8) is 0 Å². The largest absolute Gasteiger partial charge is 0.396 e. The number of aliphatic hydroxyl groups excluding tert-OH is 1. The Balaban J connectivity index is 2.16. The van der Waals surface area contributed by atoms with Crippen LogP contribution in [0.5, 0.6) is 0 Å². The first-order valence-corrected chi connectivity index (χ1v) is 4.84. The number of aliphatic hydroxyl groups is 1. The first kappa shape index (κ1) is 9.79. The van der Waals surface area contributed by atoms with E-state index in [2.05, 4.69) is 20.5 Å². The van der Waals surface area contributed by atoms with E-state index >= 15 is 0 Å². The van der Waals surface area contributed by atoms with Crippen LogP contribution in [0.3, 0.4) is 0 Å². The Bertz CT molecular complexity index is 446. The molecule has 5 nitrogen and oxygen atoms in total. The molecular formula is C10H12N4O. The molecule has 0 radical (unpaired) electrons. The fraction of sp³-hybridized carbons (Fsp3) is 0.300. The smallest absolute Gasteiger partial charge is 0.243 e. The van der Waals surface area contributed by atoms with Gasteiger partial charge in [0.15, 0.2) is 0 Å². The van der Waals surface area contributed by atoms with Crippen LogP contribution in [-0.2, 0) is 0 Å². The molecule has 2 N–H and O–H groups in total. The second-order valence-corrected chi connectivity index (χ2v) is 3.13. The summed E-state index contributed by atoms with van der Waals surface area (Å²) in [5.74, 6) is 0.502. The molecule has 0 aliphatic heterocycles. The molecule has 2 rings (SSSR count). The third kappa shape index (κ3) is 2.38. The molecule has 0 saturated carbocycles. The fourth-order valence-corrected chi connectivity index (χ4v) is 1.24. The van der Waals surface area contributed by atoms with Gasteiger partial charge in [0, 0.05) is 13.2 Å². The summed E-state index contributed by atoms with van der Waals surface area (Å²) in [4.78, 5) is 4.28. The maximum atomic E-state index is 8.62. The molecule has 78 valence electrons. The second-order valence-electron chi connectivity index (χ2n) is 3.13. The molecule has 0 bridgehead atoms. The minimum Gasteiger partial charge on any atom is -0.396 e. The summed E-state index contributed by atoms with van der Waals surface area (Å²) < 4.78 is 0. The van der Waals surface area contributed by atoms with Gasteiger partial charge in [-0.3, -0.25) is 0 Å². The topological polar surface area (TPSA) is 70.9 Å². The van der Waals surface area contributed by atoms with Crippen molar-refractivity contribution in [1.29, 1.82) is 0 Å². The molecule has 5 heteroatoms. The molecule has 1 aromatic heterocycles. The number of hydrogen-bond acceptors (Lipinski definition) is 5. The van der Waals surface area contributed by atoms with E-state index in [4.69, 9.17) is 5.11 Å². The highest BCUT2D eigenvalue weighted by Crippen LogP contribution is 2.08. The molecule has 0 atom stereocenters. The van der Waals surface area contributed by atoms with Crippen molar-refractivity contribution in [2.75, 3.05) is 18.5 Å². The molecule has 0 aliphatic carbocycles. The highest BCUT2D eigenvalue weighted by Gasteiger charge is 1.99. The van der Waals surface area contributed by atoms with Gasteiger partial charge in [0.25, 0.3) is 0 Å². The molecular weight excluding hydrogens is 192 g/mol. The number of rotatable bonds is 4. The number of benzene rings is 1. The zero-order valence-corrected chi connectivity index (χ0v) is 8.22. The van der Waals surface area contributed by atoms with E-state index in [1.807, 2.05) is 24.3 Å². The van der Waals surface area contributed by atoms with Gasteiger partial charge in [-0.15, -0.1) is 10.2 Å². The summed E-state index contributed by atoms with van der Waals surface area (Å²) in [6.45, 7) is 0.810. The van der Waals surface area contributed by atoms with Gasteiger partial charge in [0.2, 0.25) is 5.95 Å². The molecule has 1 aromatic carbocycles. The fourth-order valence-electron chi connectivity index (χ4n) is 1.24. The summed E-state index contributed by atoms with van der Waals surface area (Å²) in [6, 6.07) is 7.57. The third-order valence-electron chi connectivity index (χ3n) is 1.98. The predicted molar refractivity (Wildman–Crippen MR) is 57.5 cm³/mol. The summed E-state index contributed by atoms with van der Waals surface area (Å²) in [5, 5.41) is 19.6. The van der Waals surface area contributed by atoms with E-state index < -0.39 is 0 Å². The molecule has 0 amide bonds. The van der Waals surface area contributed by atoms with Crippen molar-refractivity contribution in [2.45, 2.75) is 6.42 Å². The number of nitrogens with one attached hydrogen (secondary N) is 1. The van der Waals surface area contributed by atoms with Crippen LogP contribution in [0.1, 0.15) is 6.42 Å². The van der Waals surface area contributed by atoms with Gasteiger partial charge in [-0.25, -0.2) is 4.98 Å². The van der Waals surface area contributed by atoms with Crippen LogP contribution in [0.15, 0.2) is 24.3 Å². The number of para-hydroxylation sites is 1. The normalized spacial score (nSPS) is 10.5. The maximum absolute atomic E-state index is 8.62. The van der Waals surface area contributed by atoms with Gasteiger partial charge < -0.3 is 10.4 Å². The van der Waals surface area contributed by atoms with Crippen molar-refractivity contribution in [1.82, 2.24) is 15.2 Å². The summed E-state index contributed by atoms with van der Waals surface area (Å²) in [5.41, 5.74) is 1.60. The van der Waals surface area contributed by atoms with E-state index in [1.165, 1.54) is 0 Å². The second kappa shape index (κ2) is 4.65. The van der Waals surface area contributed by atoms with E-state index in [-0.39, 0.29) is 6.61 Å². The molecule has 15 heavy (non-hydrogen) atoms. The quantitative estimate of drug-likeness (QED) is 0.721. The molecule has 0 saturated heterocycles. The number of nitrogens with zero attached hydrogens (tertiary/aromatic N) is 3. The minimum absolute atomic E-state index is 0.161. The van der Waals surface area contributed by atoms with Crippen LogP contribution < -0.4 is 5.32 Å². The summed E-state index contributed by atoms with van der Waals surface area (Å²) in [7, 11) is 0. The van der Waals surface area contributed by atoms with Gasteiger partial charge in [0.1, 0.15) is 5.52 Å². The SMILES string of the molecule is OCCCNc1nnc2ccccc2n1. The van der Waals surface area contributed by atoms with Crippen LogP contribution in [0, 0.1) is 0 Å². The van der Waals surface area contributed by atoms with Crippen LogP contribution >= 0.6 is 0 Å².